The molecule has 2 saturated heterocycles. The topological polar surface area (TPSA) is 167 Å². The van der Waals surface area contributed by atoms with E-state index in [2.05, 4.69) is 21.1 Å². The van der Waals surface area contributed by atoms with Gasteiger partial charge in [-0.15, -0.1) is 0 Å². The minimum atomic E-state index is -1.12. The van der Waals surface area contributed by atoms with Crippen LogP contribution >= 0.6 is 11.6 Å². The molecule has 3 heterocycles. The molecule has 5 amide bonds. The van der Waals surface area contributed by atoms with Crippen molar-refractivity contribution < 1.29 is 33.6 Å². The third kappa shape index (κ3) is 8.61. The van der Waals surface area contributed by atoms with Crippen LogP contribution in [-0.2, 0) is 28.8 Å². The summed E-state index contributed by atoms with van der Waals surface area (Å²) in [5, 5.41) is 13.3. The quantitative estimate of drug-likeness (QED) is 0.277. The number of carbonyl (C=O) groups excluding carboxylic acids is 6. The largest absolute Gasteiger partial charge is 0.387 e. The Bertz CT molecular complexity index is 1830. The summed E-state index contributed by atoms with van der Waals surface area (Å²) >= 11 is 6.27. The monoisotopic (exact) mass is 760 g/mol. The third-order valence-corrected chi connectivity index (χ3v) is 10.8. The Labute approximate surface area is 320 Å². The zero-order valence-corrected chi connectivity index (χ0v) is 32.0. The average Bonchev–Trinajstić information content (AvgIpc) is 3.50. The molecule has 14 heteroatoms. The lowest BCUT2D eigenvalue weighted by molar-refractivity contribution is -0.145. The first-order valence-electron chi connectivity index (χ1n) is 18.8. The van der Waals surface area contributed by atoms with Crippen molar-refractivity contribution in [3.05, 3.63) is 70.7 Å². The van der Waals surface area contributed by atoms with Gasteiger partial charge in [0.15, 0.2) is 5.60 Å². The van der Waals surface area contributed by atoms with Gasteiger partial charge in [0.05, 0.1) is 18.3 Å². The van der Waals surface area contributed by atoms with E-state index in [4.69, 9.17) is 16.4 Å². The Balaban J connectivity index is 1.25. The first-order chi connectivity index (χ1) is 25.7. The van der Waals surface area contributed by atoms with Gasteiger partial charge < -0.3 is 30.6 Å². The van der Waals surface area contributed by atoms with Gasteiger partial charge in [0.1, 0.15) is 18.1 Å². The van der Waals surface area contributed by atoms with Gasteiger partial charge in [-0.2, -0.15) is 0 Å². The lowest BCUT2D eigenvalue weighted by atomic mass is 9.85. The molecule has 2 unspecified atom stereocenters. The zero-order valence-electron chi connectivity index (χ0n) is 31.2. The van der Waals surface area contributed by atoms with E-state index in [-0.39, 0.29) is 37.8 Å². The van der Waals surface area contributed by atoms with E-state index in [1.165, 1.54) is 4.90 Å². The van der Waals surface area contributed by atoms with Crippen molar-refractivity contribution in [1.29, 1.82) is 0 Å². The van der Waals surface area contributed by atoms with E-state index in [1.54, 1.807) is 47.4 Å². The summed E-state index contributed by atoms with van der Waals surface area (Å²) in [6.07, 6.45) is 3.74. The maximum Gasteiger partial charge on any atom is 0.289 e. The Hall–Kier alpha value is -4.78. The molecule has 1 aliphatic carbocycles. The summed E-state index contributed by atoms with van der Waals surface area (Å²) in [5.41, 5.74) is -0.0904. The van der Waals surface area contributed by atoms with E-state index in [0.29, 0.717) is 42.1 Å². The summed E-state index contributed by atoms with van der Waals surface area (Å²) in [6.45, 7) is 7.68. The molecule has 3 fully saturated rings. The van der Waals surface area contributed by atoms with Crippen molar-refractivity contribution in [3.63, 3.8) is 0 Å². The number of oxime groups is 1. The van der Waals surface area contributed by atoms with Gasteiger partial charge in [0.25, 0.3) is 11.8 Å². The van der Waals surface area contributed by atoms with E-state index in [9.17, 15) is 28.8 Å². The minimum absolute atomic E-state index is 0.0312. The van der Waals surface area contributed by atoms with Crippen molar-refractivity contribution in [3.8, 4) is 0 Å². The van der Waals surface area contributed by atoms with Crippen molar-refractivity contribution in [2.75, 3.05) is 13.1 Å². The van der Waals surface area contributed by atoms with Crippen LogP contribution in [0.25, 0.3) is 0 Å². The minimum Gasteiger partial charge on any atom is -0.387 e. The molecule has 0 bridgehead atoms. The zero-order chi connectivity index (χ0) is 38.8. The highest BCUT2D eigenvalue weighted by Gasteiger charge is 2.56. The molecule has 2 aromatic carbocycles. The van der Waals surface area contributed by atoms with Gasteiger partial charge in [-0.05, 0) is 61.8 Å². The summed E-state index contributed by atoms with van der Waals surface area (Å²) in [5.74, 6) is -3.33. The summed E-state index contributed by atoms with van der Waals surface area (Å²) in [6, 6.07) is 11.8. The summed E-state index contributed by atoms with van der Waals surface area (Å²) in [4.78, 5) is 91.6. The van der Waals surface area contributed by atoms with Crippen molar-refractivity contribution >= 4 is 52.6 Å². The number of hydrogen-bond acceptors (Lipinski definition) is 8. The van der Waals surface area contributed by atoms with Crippen LogP contribution in [0.2, 0.25) is 5.02 Å². The molecular weight excluding hydrogens is 712 g/mol. The lowest BCUT2D eigenvalue weighted by Crippen LogP contribution is -2.61. The van der Waals surface area contributed by atoms with Gasteiger partial charge in [-0.25, -0.2) is 0 Å². The Morgan fingerprint density at radius 3 is 2.33 bits per heavy atom. The van der Waals surface area contributed by atoms with Crippen LogP contribution in [0.4, 0.5) is 0 Å². The molecule has 5 atom stereocenters. The fourth-order valence-electron chi connectivity index (χ4n) is 7.50. The lowest BCUT2D eigenvalue weighted by Gasteiger charge is -2.36. The number of rotatable bonds is 12. The van der Waals surface area contributed by atoms with Crippen LogP contribution in [0.5, 0.6) is 0 Å². The Morgan fingerprint density at radius 1 is 0.944 bits per heavy atom. The van der Waals surface area contributed by atoms with Crippen LogP contribution < -0.4 is 16.0 Å². The Kier molecular flexibility index (Phi) is 11.5. The van der Waals surface area contributed by atoms with Gasteiger partial charge in [0, 0.05) is 41.6 Å². The number of amides is 5. The number of benzene rings is 2. The molecule has 2 aromatic rings. The average molecular weight is 761 g/mol. The normalized spacial score (nSPS) is 23.3. The number of Topliss-reactive ketones (excluding diaryl/α,β-unsaturated/α-hetero) is 1. The van der Waals surface area contributed by atoms with Crippen molar-refractivity contribution in [1.82, 2.24) is 25.8 Å². The third-order valence-electron chi connectivity index (χ3n) is 10.6. The number of ketones is 1. The number of nitrogens with one attached hydrogen (secondary N) is 3. The summed E-state index contributed by atoms with van der Waals surface area (Å²) < 4.78 is 0. The fraction of sp³-hybridized carbons (Fsp3) is 0.525. The van der Waals surface area contributed by atoms with Crippen LogP contribution in [0.1, 0.15) is 95.0 Å². The molecule has 54 heavy (non-hydrogen) atoms. The van der Waals surface area contributed by atoms with Crippen LogP contribution in [0, 0.1) is 5.41 Å². The Morgan fingerprint density at radius 2 is 1.67 bits per heavy atom. The molecule has 13 nitrogen and oxygen atoms in total. The molecule has 288 valence electrons. The van der Waals surface area contributed by atoms with Gasteiger partial charge >= 0.3 is 0 Å². The number of halogens is 1. The molecule has 3 N–H and O–H groups in total. The first-order valence-corrected chi connectivity index (χ1v) is 19.2. The number of nitrogens with zero attached hydrogens (tertiary/aromatic N) is 3. The highest BCUT2D eigenvalue weighted by Crippen LogP contribution is 2.40. The molecule has 3 aliphatic heterocycles. The maximum atomic E-state index is 14.8. The molecule has 1 spiro atoms. The number of likely N-dealkylation sites (tertiary alicyclic amines) is 2. The van der Waals surface area contributed by atoms with E-state index < -0.39 is 64.6 Å². The molecule has 0 radical (unpaired) electrons. The van der Waals surface area contributed by atoms with E-state index in [1.807, 2.05) is 39.8 Å². The highest BCUT2D eigenvalue weighted by molar-refractivity contribution is 6.38. The van der Waals surface area contributed by atoms with Gasteiger partial charge in [0.2, 0.25) is 23.5 Å². The standard InChI is InChI=1S/C40H49ClN6O7/c1-5-11-28(32(48)36(51)42-27-17-18-27)43-35(50)31-22-40(21-29(45-54-40)25-14-9-15-26(41)20-25)23-47(31)38(53)33(39(2,3)4)44-34(49)30-16-10-19-46(30)37(52)24-12-7-6-8-13-24/h6-9,12-15,20,27-28,30-31,33H,5,10-11,16-19,21-23H2,1-4H3,(H,42,51)(H,43,50)(H,44,49)/t28-,30?,31-,33+,40?/m0/s1. The fourth-order valence-corrected chi connectivity index (χ4v) is 7.69. The second-order valence-electron chi connectivity index (χ2n) is 16.0. The highest BCUT2D eigenvalue weighted by atomic mass is 35.5. The van der Waals surface area contributed by atoms with Crippen LogP contribution in [-0.4, -0.2) is 99.7 Å². The van der Waals surface area contributed by atoms with Crippen LogP contribution in [0.15, 0.2) is 59.8 Å². The van der Waals surface area contributed by atoms with E-state index >= 15 is 0 Å². The predicted octanol–water partition coefficient (Wildman–Crippen LogP) is 3.77. The van der Waals surface area contributed by atoms with Crippen molar-refractivity contribution in [2.45, 2.75) is 115 Å². The molecule has 6 rings (SSSR count). The van der Waals surface area contributed by atoms with Gasteiger partial charge in [-0.3, -0.25) is 28.8 Å². The van der Waals surface area contributed by atoms with Crippen LogP contribution in [0.3, 0.4) is 0 Å². The summed E-state index contributed by atoms with van der Waals surface area (Å²) in [7, 11) is 0. The van der Waals surface area contributed by atoms with Gasteiger partial charge in [-0.1, -0.05) is 81.2 Å². The molecule has 1 saturated carbocycles. The molecule has 4 aliphatic rings. The molecular formula is C40H49ClN6O7. The smallest absolute Gasteiger partial charge is 0.289 e. The first kappa shape index (κ1) is 38.9. The van der Waals surface area contributed by atoms with E-state index in [0.717, 1.165) is 18.4 Å². The second kappa shape index (κ2) is 15.9. The second-order valence-corrected chi connectivity index (χ2v) is 16.4. The maximum absolute atomic E-state index is 14.8. The SMILES string of the molecule is CCC[C@H](NC(=O)[C@@H]1CC2(CC(c3cccc(Cl)c3)=NO2)CN1C(=O)[C@@H](NC(=O)C1CCCN1C(=O)c1ccccc1)C(C)(C)C)C(=O)C(=O)NC1CC1. The van der Waals surface area contributed by atoms with Crippen molar-refractivity contribution in [2.24, 2.45) is 10.6 Å². The number of carbonyl (C=O) groups is 6. The predicted molar refractivity (Wildman–Crippen MR) is 201 cm³/mol. The molecule has 0 aromatic heterocycles. The number of hydrogen-bond donors (Lipinski definition) is 3.